The summed E-state index contributed by atoms with van der Waals surface area (Å²) in [6.45, 7) is 12.6. The smallest absolute Gasteiger partial charge is 0.213 e. The number of nitrogens with zero attached hydrogens (tertiary/aromatic N) is 1. The first kappa shape index (κ1) is 16.0. The second-order valence-corrected chi connectivity index (χ2v) is 6.49. The van der Waals surface area contributed by atoms with Gasteiger partial charge in [-0.2, -0.15) is 0 Å². The molecule has 1 rings (SSSR count). The van der Waals surface area contributed by atoms with Crippen LogP contribution in [0.25, 0.3) is 0 Å². The lowest BCUT2D eigenvalue weighted by atomic mass is 10.1. The Hall–Kier alpha value is -1.09. The average molecular weight is 264 g/mol. The molecule has 0 fully saturated rings. The minimum Gasteiger partial charge on any atom is -0.478 e. The van der Waals surface area contributed by atoms with Gasteiger partial charge < -0.3 is 10.1 Å². The first-order valence-electron chi connectivity index (χ1n) is 7.19. The molecule has 1 aromatic heterocycles. The highest BCUT2D eigenvalue weighted by Crippen LogP contribution is 2.12. The quantitative estimate of drug-likeness (QED) is 0.761. The zero-order valence-corrected chi connectivity index (χ0v) is 13.0. The Morgan fingerprint density at radius 3 is 2.68 bits per heavy atom. The van der Waals surface area contributed by atoms with Crippen LogP contribution in [0.3, 0.4) is 0 Å². The van der Waals surface area contributed by atoms with Crippen molar-refractivity contribution in [3.8, 4) is 5.88 Å². The van der Waals surface area contributed by atoms with E-state index in [2.05, 4.69) is 44.9 Å². The van der Waals surface area contributed by atoms with E-state index in [1.54, 1.807) is 0 Å². The van der Waals surface area contributed by atoms with Crippen LogP contribution >= 0.6 is 0 Å². The van der Waals surface area contributed by atoms with Crippen molar-refractivity contribution >= 4 is 0 Å². The standard InChI is InChI=1S/C16H28N2O/c1-13(2)7-6-10-19-15-11-14(8-9-17-15)12-18-16(3,4)5/h8-9,11,13,18H,6-7,10,12H2,1-5H3. The molecule has 0 aliphatic carbocycles. The van der Waals surface area contributed by atoms with Crippen LogP contribution in [0, 0.1) is 5.92 Å². The van der Waals surface area contributed by atoms with Crippen molar-refractivity contribution in [1.29, 1.82) is 0 Å². The number of hydrogen-bond donors (Lipinski definition) is 1. The summed E-state index contributed by atoms with van der Waals surface area (Å²) in [4.78, 5) is 4.25. The Kier molecular flexibility index (Phi) is 6.29. The van der Waals surface area contributed by atoms with Gasteiger partial charge in [0.15, 0.2) is 0 Å². The van der Waals surface area contributed by atoms with Crippen LogP contribution < -0.4 is 10.1 Å². The molecular weight excluding hydrogens is 236 g/mol. The summed E-state index contributed by atoms with van der Waals surface area (Å²) in [7, 11) is 0. The third-order valence-corrected chi connectivity index (χ3v) is 2.80. The molecule has 0 aliphatic rings. The van der Waals surface area contributed by atoms with E-state index in [9.17, 15) is 0 Å². The summed E-state index contributed by atoms with van der Waals surface area (Å²) < 4.78 is 5.69. The van der Waals surface area contributed by atoms with Gasteiger partial charge in [-0.05, 0) is 51.2 Å². The molecule has 19 heavy (non-hydrogen) atoms. The van der Waals surface area contributed by atoms with E-state index in [0.717, 1.165) is 31.4 Å². The van der Waals surface area contributed by atoms with Gasteiger partial charge in [-0.15, -0.1) is 0 Å². The topological polar surface area (TPSA) is 34.1 Å². The molecule has 108 valence electrons. The second-order valence-electron chi connectivity index (χ2n) is 6.49. The van der Waals surface area contributed by atoms with E-state index in [1.165, 1.54) is 12.0 Å². The molecule has 0 aromatic carbocycles. The number of aromatic nitrogens is 1. The number of nitrogens with one attached hydrogen (secondary N) is 1. The molecule has 0 bridgehead atoms. The van der Waals surface area contributed by atoms with Crippen LogP contribution in [0.1, 0.15) is 53.0 Å². The molecule has 1 aromatic rings. The van der Waals surface area contributed by atoms with Crippen molar-refractivity contribution in [2.24, 2.45) is 5.92 Å². The van der Waals surface area contributed by atoms with Crippen LogP contribution in [0.4, 0.5) is 0 Å². The summed E-state index contributed by atoms with van der Waals surface area (Å²) in [6.07, 6.45) is 4.10. The Morgan fingerprint density at radius 1 is 1.32 bits per heavy atom. The van der Waals surface area contributed by atoms with Gasteiger partial charge >= 0.3 is 0 Å². The average Bonchev–Trinajstić information content (AvgIpc) is 2.32. The lowest BCUT2D eigenvalue weighted by Crippen LogP contribution is -2.35. The van der Waals surface area contributed by atoms with E-state index in [1.807, 2.05) is 18.3 Å². The third-order valence-electron chi connectivity index (χ3n) is 2.80. The first-order valence-corrected chi connectivity index (χ1v) is 7.19. The van der Waals surface area contributed by atoms with E-state index in [-0.39, 0.29) is 5.54 Å². The van der Waals surface area contributed by atoms with Gasteiger partial charge in [-0.25, -0.2) is 4.98 Å². The highest BCUT2D eigenvalue weighted by molar-refractivity contribution is 5.20. The number of pyridine rings is 1. The SMILES string of the molecule is CC(C)CCCOc1cc(CNC(C)(C)C)ccn1. The molecule has 0 unspecified atom stereocenters. The van der Waals surface area contributed by atoms with Crippen LogP contribution in [-0.4, -0.2) is 17.1 Å². The number of rotatable bonds is 7. The van der Waals surface area contributed by atoms with Crippen molar-refractivity contribution in [3.63, 3.8) is 0 Å². The van der Waals surface area contributed by atoms with Crippen LogP contribution in [0.15, 0.2) is 18.3 Å². The molecule has 1 N–H and O–H groups in total. The fourth-order valence-electron chi connectivity index (χ4n) is 1.67. The van der Waals surface area contributed by atoms with Gasteiger partial charge in [0.2, 0.25) is 5.88 Å². The highest BCUT2D eigenvalue weighted by atomic mass is 16.5. The fourth-order valence-corrected chi connectivity index (χ4v) is 1.67. The summed E-state index contributed by atoms with van der Waals surface area (Å²) in [5.74, 6) is 1.47. The van der Waals surface area contributed by atoms with Crippen molar-refractivity contribution < 1.29 is 4.74 Å². The molecule has 0 saturated heterocycles. The van der Waals surface area contributed by atoms with Gasteiger partial charge in [0.25, 0.3) is 0 Å². The maximum Gasteiger partial charge on any atom is 0.213 e. The van der Waals surface area contributed by atoms with Crippen LogP contribution in [0.5, 0.6) is 5.88 Å². The summed E-state index contributed by atoms with van der Waals surface area (Å²) in [5, 5.41) is 3.46. The molecule has 0 saturated carbocycles. The molecule has 0 spiro atoms. The zero-order valence-electron chi connectivity index (χ0n) is 13.0. The Labute approximate surface area is 117 Å². The maximum atomic E-state index is 5.69. The normalized spacial score (nSPS) is 11.9. The molecular formula is C16H28N2O. The number of hydrogen-bond acceptors (Lipinski definition) is 3. The minimum absolute atomic E-state index is 0.127. The summed E-state index contributed by atoms with van der Waals surface area (Å²) >= 11 is 0. The van der Waals surface area contributed by atoms with Crippen molar-refractivity contribution in [3.05, 3.63) is 23.9 Å². The van der Waals surface area contributed by atoms with Gasteiger partial charge in [0.05, 0.1) is 6.61 Å². The lowest BCUT2D eigenvalue weighted by molar-refractivity contribution is 0.286. The minimum atomic E-state index is 0.127. The monoisotopic (exact) mass is 264 g/mol. The fraction of sp³-hybridized carbons (Fsp3) is 0.688. The second kappa shape index (κ2) is 7.49. The summed E-state index contributed by atoms with van der Waals surface area (Å²) in [6, 6.07) is 4.05. The van der Waals surface area contributed by atoms with E-state index in [0.29, 0.717) is 0 Å². The number of ether oxygens (including phenoxy) is 1. The molecule has 3 nitrogen and oxygen atoms in total. The predicted molar refractivity (Wildman–Crippen MR) is 80.4 cm³/mol. The summed E-state index contributed by atoms with van der Waals surface area (Å²) in [5.41, 5.74) is 1.34. The lowest BCUT2D eigenvalue weighted by Gasteiger charge is -2.20. The van der Waals surface area contributed by atoms with Crippen molar-refractivity contribution in [2.45, 2.75) is 59.5 Å². The highest BCUT2D eigenvalue weighted by Gasteiger charge is 2.08. The molecule has 0 aliphatic heterocycles. The molecule has 0 atom stereocenters. The van der Waals surface area contributed by atoms with Crippen molar-refractivity contribution in [2.75, 3.05) is 6.61 Å². The first-order chi connectivity index (χ1) is 8.87. The van der Waals surface area contributed by atoms with Crippen LogP contribution in [0.2, 0.25) is 0 Å². The predicted octanol–water partition coefficient (Wildman–Crippen LogP) is 3.78. The van der Waals surface area contributed by atoms with Gasteiger partial charge in [-0.3, -0.25) is 0 Å². The molecule has 3 heteroatoms. The van der Waals surface area contributed by atoms with Crippen LogP contribution in [-0.2, 0) is 6.54 Å². The Morgan fingerprint density at radius 2 is 2.05 bits per heavy atom. The van der Waals surface area contributed by atoms with Crippen molar-refractivity contribution in [1.82, 2.24) is 10.3 Å². The zero-order chi connectivity index (χ0) is 14.3. The van der Waals surface area contributed by atoms with E-state index >= 15 is 0 Å². The maximum absolute atomic E-state index is 5.69. The Balaban J connectivity index is 2.39. The van der Waals surface area contributed by atoms with E-state index in [4.69, 9.17) is 4.74 Å². The largest absolute Gasteiger partial charge is 0.478 e. The Bertz CT molecular complexity index is 369. The molecule has 0 amide bonds. The van der Waals surface area contributed by atoms with Gasteiger partial charge in [0.1, 0.15) is 0 Å². The van der Waals surface area contributed by atoms with Gasteiger partial charge in [0, 0.05) is 24.3 Å². The van der Waals surface area contributed by atoms with E-state index < -0.39 is 0 Å². The van der Waals surface area contributed by atoms with Gasteiger partial charge in [-0.1, -0.05) is 13.8 Å². The third kappa shape index (κ3) is 7.83. The molecule has 0 radical (unpaired) electrons. The molecule has 1 heterocycles.